The van der Waals surface area contributed by atoms with Gasteiger partial charge in [-0.2, -0.15) is 5.10 Å². The molecule has 1 aliphatic rings. The minimum atomic E-state index is -0.336. The van der Waals surface area contributed by atoms with Gasteiger partial charge in [0.25, 0.3) is 5.91 Å². The van der Waals surface area contributed by atoms with Gasteiger partial charge in [0.15, 0.2) is 11.5 Å². The molecule has 0 unspecified atom stereocenters. The second kappa shape index (κ2) is 8.39. The number of carbonyl (C=O) groups excluding carboxylic acids is 1. The summed E-state index contributed by atoms with van der Waals surface area (Å²) in [4.78, 5) is 17.8. The third-order valence-corrected chi connectivity index (χ3v) is 5.12. The van der Waals surface area contributed by atoms with Crippen LogP contribution >= 0.6 is 0 Å². The van der Waals surface area contributed by atoms with Gasteiger partial charge in [-0.1, -0.05) is 30.3 Å². The van der Waals surface area contributed by atoms with Gasteiger partial charge in [-0.3, -0.25) is 4.79 Å². The molecule has 1 amide bonds. The van der Waals surface area contributed by atoms with Gasteiger partial charge in [0, 0.05) is 10.9 Å². The maximum Gasteiger partial charge on any atom is 0.272 e. The molecule has 4 aromatic rings. The van der Waals surface area contributed by atoms with Gasteiger partial charge in [-0.25, -0.2) is 10.4 Å². The second-order valence-electron chi connectivity index (χ2n) is 7.08. The van der Waals surface area contributed by atoms with Gasteiger partial charge in [-0.05, 0) is 48.0 Å². The SMILES string of the molecule is COc1ccccc1-c1cc(C(=O)N/N=C\c2ccc3c(c2)OCO3)c2ccccc2n1. The predicted molar refractivity (Wildman–Crippen MR) is 121 cm³/mol. The van der Waals surface area contributed by atoms with Gasteiger partial charge in [0.05, 0.1) is 30.1 Å². The van der Waals surface area contributed by atoms with Crippen molar-refractivity contribution in [2.24, 2.45) is 5.10 Å². The van der Waals surface area contributed by atoms with Crippen molar-refractivity contribution in [1.29, 1.82) is 0 Å². The molecule has 2 heterocycles. The number of nitrogens with one attached hydrogen (secondary N) is 1. The smallest absolute Gasteiger partial charge is 0.272 e. The molecule has 0 spiro atoms. The maximum atomic E-state index is 13.0. The van der Waals surface area contributed by atoms with Crippen LogP contribution in [0.4, 0.5) is 0 Å². The van der Waals surface area contributed by atoms with Crippen molar-refractivity contribution in [2.75, 3.05) is 13.9 Å². The molecule has 0 fully saturated rings. The highest BCUT2D eigenvalue weighted by molar-refractivity contribution is 6.07. The van der Waals surface area contributed by atoms with E-state index in [1.54, 1.807) is 31.5 Å². The molecular formula is C25H19N3O4. The lowest BCUT2D eigenvalue weighted by atomic mass is 10.0. The van der Waals surface area contributed by atoms with E-state index >= 15 is 0 Å². The Kier molecular flexibility index (Phi) is 5.13. The number of fused-ring (bicyclic) bond motifs is 2. The Morgan fingerprint density at radius 3 is 2.75 bits per heavy atom. The number of methoxy groups -OCH3 is 1. The minimum absolute atomic E-state index is 0.205. The molecule has 1 aliphatic heterocycles. The first-order valence-corrected chi connectivity index (χ1v) is 9.99. The molecule has 0 saturated heterocycles. The van der Waals surface area contributed by atoms with E-state index < -0.39 is 0 Å². The van der Waals surface area contributed by atoms with Crippen molar-refractivity contribution >= 4 is 23.0 Å². The highest BCUT2D eigenvalue weighted by atomic mass is 16.7. The summed E-state index contributed by atoms with van der Waals surface area (Å²) < 4.78 is 16.2. The number of carbonyl (C=O) groups is 1. The number of rotatable bonds is 5. The van der Waals surface area contributed by atoms with Gasteiger partial charge in [0.2, 0.25) is 6.79 Å². The summed E-state index contributed by atoms with van der Waals surface area (Å²) in [6.07, 6.45) is 1.56. The third-order valence-electron chi connectivity index (χ3n) is 5.12. The summed E-state index contributed by atoms with van der Waals surface area (Å²) in [6, 6.07) is 22.3. The number of pyridine rings is 1. The number of hydrazone groups is 1. The largest absolute Gasteiger partial charge is 0.496 e. The van der Waals surface area contributed by atoms with Crippen LogP contribution in [0.15, 0.2) is 77.9 Å². The predicted octanol–water partition coefficient (Wildman–Crippen LogP) is 4.40. The summed E-state index contributed by atoms with van der Waals surface area (Å²) in [5.41, 5.74) is 6.02. The molecule has 0 radical (unpaired) electrons. The first-order valence-electron chi connectivity index (χ1n) is 9.99. The summed E-state index contributed by atoms with van der Waals surface area (Å²) in [7, 11) is 1.61. The fourth-order valence-electron chi connectivity index (χ4n) is 3.58. The minimum Gasteiger partial charge on any atom is -0.496 e. The first kappa shape index (κ1) is 19.6. The van der Waals surface area contributed by atoms with Crippen molar-refractivity contribution in [3.8, 4) is 28.5 Å². The molecule has 0 atom stereocenters. The van der Waals surface area contributed by atoms with Crippen LogP contribution in [0.5, 0.6) is 17.2 Å². The Bertz CT molecular complexity index is 1350. The average molecular weight is 425 g/mol. The number of aromatic nitrogens is 1. The zero-order chi connectivity index (χ0) is 21.9. The molecule has 32 heavy (non-hydrogen) atoms. The summed E-state index contributed by atoms with van der Waals surface area (Å²) in [6.45, 7) is 0.205. The van der Waals surface area contributed by atoms with Crippen LogP contribution in [0.3, 0.4) is 0 Å². The van der Waals surface area contributed by atoms with Crippen molar-refractivity contribution in [3.05, 3.63) is 83.9 Å². The molecule has 0 bridgehead atoms. The van der Waals surface area contributed by atoms with Gasteiger partial charge >= 0.3 is 0 Å². The highest BCUT2D eigenvalue weighted by Gasteiger charge is 2.16. The lowest BCUT2D eigenvalue weighted by Crippen LogP contribution is -2.18. The van der Waals surface area contributed by atoms with Crippen LogP contribution in [0.2, 0.25) is 0 Å². The van der Waals surface area contributed by atoms with Crippen LogP contribution in [0, 0.1) is 0 Å². The van der Waals surface area contributed by atoms with E-state index in [9.17, 15) is 4.79 Å². The van der Waals surface area contributed by atoms with Gasteiger partial charge in [0.1, 0.15) is 5.75 Å². The van der Waals surface area contributed by atoms with Crippen molar-refractivity contribution in [3.63, 3.8) is 0 Å². The number of benzene rings is 3. The van der Waals surface area contributed by atoms with Crippen molar-refractivity contribution in [2.45, 2.75) is 0 Å². The number of nitrogens with zero attached hydrogens (tertiary/aromatic N) is 2. The topological polar surface area (TPSA) is 82.0 Å². The number of ether oxygens (including phenoxy) is 3. The first-order chi connectivity index (χ1) is 15.7. The lowest BCUT2D eigenvalue weighted by molar-refractivity contribution is 0.0956. The number of amides is 1. The van der Waals surface area contributed by atoms with E-state index in [2.05, 4.69) is 10.5 Å². The van der Waals surface area contributed by atoms with E-state index in [1.807, 2.05) is 54.6 Å². The van der Waals surface area contributed by atoms with Gasteiger partial charge in [-0.15, -0.1) is 0 Å². The number of hydrogen-bond donors (Lipinski definition) is 1. The normalized spacial score (nSPS) is 12.3. The fourth-order valence-corrected chi connectivity index (χ4v) is 3.58. The quantitative estimate of drug-likeness (QED) is 0.379. The molecule has 158 valence electrons. The van der Waals surface area contributed by atoms with Crippen LogP contribution < -0.4 is 19.6 Å². The molecule has 5 rings (SSSR count). The number of para-hydroxylation sites is 2. The molecule has 0 aliphatic carbocycles. The Labute approximate surface area is 184 Å². The van der Waals surface area contributed by atoms with Crippen LogP contribution in [0.25, 0.3) is 22.2 Å². The average Bonchev–Trinajstić information content (AvgIpc) is 3.31. The van der Waals surface area contributed by atoms with E-state index in [0.29, 0.717) is 34.0 Å². The van der Waals surface area contributed by atoms with Gasteiger partial charge < -0.3 is 14.2 Å². The zero-order valence-electron chi connectivity index (χ0n) is 17.2. The summed E-state index contributed by atoms with van der Waals surface area (Å²) >= 11 is 0. The van der Waals surface area contributed by atoms with Crippen LogP contribution in [-0.4, -0.2) is 31.0 Å². The van der Waals surface area contributed by atoms with E-state index in [1.165, 1.54) is 0 Å². The summed E-state index contributed by atoms with van der Waals surface area (Å²) in [5.74, 6) is 1.69. The Balaban J connectivity index is 1.46. The molecule has 0 saturated carbocycles. The Morgan fingerprint density at radius 1 is 1.03 bits per heavy atom. The van der Waals surface area contributed by atoms with E-state index in [4.69, 9.17) is 19.2 Å². The Hall–Kier alpha value is -4.39. The lowest BCUT2D eigenvalue weighted by Gasteiger charge is -2.11. The molecular weight excluding hydrogens is 406 g/mol. The number of hydrogen-bond acceptors (Lipinski definition) is 6. The molecule has 7 nitrogen and oxygen atoms in total. The van der Waals surface area contributed by atoms with E-state index in [-0.39, 0.29) is 12.7 Å². The third kappa shape index (κ3) is 3.72. The second-order valence-corrected chi connectivity index (χ2v) is 7.08. The fraction of sp³-hybridized carbons (Fsp3) is 0.0800. The standard InChI is InChI=1S/C25H19N3O4/c1-30-22-9-5-3-7-18(22)21-13-19(17-6-2-4-8-20(17)27-21)25(29)28-26-14-16-10-11-23-24(12-16)32-15-31-23/h2-14H,15H2,1H3,(H,28,29)/b26-14-. The molecule has 1 aromatic heterocycles. The zero-order valence-corrected chi connectivity index (χ0v) is 17.2. The monoisotopic (exact) mass is 425 g/mol. The van der Waals surface area contributed by atoms with E-state index in [0.717, 1.165) is 16.5 Å². The molecule has 3 aromatic carbocycles. The highest BCUT2D eigenvalue weighted by Crippen LogP contribution is 2.32. The maximum absolute atomic E-state index is 13.0. The van der Waals surface area contributed by atoms with Crippen LogP contribution in [0.1, 0.15) is 15.9 Å². The molecule has 1 N–H and O–H groups in total. The molecule has 7 heteroatoms. The van der Waals surface area contributed by atoms with Crippen molar-refractivity contribution in [1.82, 2.24) is 10.4 Å². The van der Waals surface area contributed by atoms with Crippen molar-refractivity contribution < 1.29 is 19.0 Å². The Morgan fingerprint density at radius 2 is 1.84 bits per heavy atom. The summed E-state index contributed by atoms with van der Waals surface area (Å²) in [5, 5.41) is 4.86. The van der Waals surface area contributed by atoms with Crippen LogP contribution in [-0.2, 0) is 0 Å².